The van der Waals surface area contributed by atoms with Crippen molar-refractivity contribution in [1.29, 1.82) is 0 Å². The quantitative estimate of drug-likeness (QED) is 0.905. The van der Waals surface area contributed by atoms with Crippen molar-refractivity contribution in [2.75, 3.05) is 25.1 Å². The molecule has 0 radical (unpaired) electrons. The predicted molar refractivity (Wildman–Crippen MR) is 94.5 cm³/mol. The van der Waals surface area contributed by atoms with Crippen molar-refractivity contribution in [2.24, 2.45) is 0 Å². The summed E-state index contributed by atoms with van der Waals surface area (Å²) in [4.78, 5) is 28.5. The molecule has 1 aromatic rings. The lowest BCUT2D eigenvalue weighted by atomic mass is 10.1. The van der Waals surface area contributed by atoms with Gasteiger partial charge in [-0.25, -0.2) is 4.79 Å². The third-order valence-corrected chi connectivity index (χ3v) is 4.02. The Hall–Kier alpha value is -2.24. The highest BCUT2D eigenvalue weighted by molar-refractivity contribution is 6.01. The number of ether oxygens (including phenoxy) is 1. The van der Waals surface area contributed by atoms with Gasteiger partial charge >= 0.3 is 6.03 Å². The molecule has 1 aliphatic heterocycles. The number of piperazine rings is 1. The summed E-state index contributed by atoms with van der Waals surface area (Å²) in [5.74, 6) is 0.558. The summed E-state index contributed by atoms with van der Waals surface area (Å²) in [6.45, 7) is 10.4. The summed E-state index contributed by atoms with van der Waals surface area (Å²) in [6, 6.07) is 5.02. The molecule has 1 unspecified atom stereocenters. The van der Waals surface area contributed by atoms with Crippen molar-refractivity contribution in [2.45, 2.75) is 46.2 Å². The molecule has 2 rings (SSSR count). The lowest BCUT2D eigenvalue weighted by molar-refractivity contribution is -0.124. The maximum Gasteiger partial charge on any atom is 0.318 e. The van der Waals surface area contributed by atoms with Gasteiger partial charge in [0, 0.05) is 18.6 Å². The Labute approximate surface area is 143 Å². The number of aryl methyl sites for hydroxylation is 1. The van der Waals surface area contributed by atoms with Crippen LogP contribution in [0.5, 0.6) is 5.75 Å². The summed E-state index contributed by atoms with van der Waals surface area (Å²) in [7, 11) is 1.59. The minimum absolute atomic E-state index is 0.103. The van der Waals surface area contributed by atoms with Crippen molar-refractivity contribution in [3.8, 4) is 5.75 Å². The van der Waals surface area contributed by atoms with Crippen molar-refractivity contribution >= 4 is 17.6 Å². The van der Waals surface area contributed by atoms with Crippen LogP contribution in [0.3, 0.4) is 0 Å². The van der Waals surface area contributed by atoms with Crippen LogP contribution >= 0.6 is 0 Å². The van der Waals surface area contributed by atoms with Crippen molar-refractivity contribution in [1.82, 2.24) is 10.2 Å². The molecule has 1 atom stereocenters. The number of anilines is 1. The van der Waals surface area contributed by atoms with Gasteiger partial charge in [0.2, 0.25) is 5.91 Å². The first-order chi connectivity index (χ1) is 11.1. The topological polar surface area (TPSA) is 61.9 Å². The summed E-state index contributed by atoms with van der Waals surface area (Å²) in [5.41, 5.74) is 1.47. The average Bonchev–Trinajstić information content (AvgIpc) is 2.48. The number of benzene rings is 1. The van der Waals surface area contributed by atoms with Crippen molar-refractivity contribution in [3.05, 3.63) is 23.8 Å². The lowest BCUT2D eigenvalue weighted by Crippen LogP contribution is -2.61. The minimum atomic E-state index is -0.522. The maximum absolute atomic E-state index is 12.8. The highest BCUT2D eigenvalue weighted by Crippen LogP contribution is 2.31. The van der Waals surface area contributed by atoms with Gasteiger partial charge in [-0.05, 0) is 52.3 Å². The number of amides is 3. The highest BCUT2D eigenvalue weighted by Gasteiger charge is 2.36. The van der Waals surface area contributed by atoms with Crippen LogP contribution in [0.2, 0.25) is 0 Å². The average molecular weight is 333 g/mol. The monoisotopic (exact) mass is 333 g/mol. The zero-order valence-corrected chi connectivity index (χ0v) is 15.3. The third kappa shape index (κ3) is 3.80. The van der Waals surface area contributed by atoms with Crippen LogP contribution in [0, 0.1) is 6.92 Å². The van der Waals surface area contributed by atoms with Gasteiger partial charge in [-0.2, -0.15) is 0 Å². The second-order valence-electron chi connectivity index (χ2n) is 7.21. The lowest BCUT2D eigenvalue weighted by Gasteiger charge is -2.40. The van der Waals surface area contributed by atoms with E-state index in [0.717, 1.165) is 11.3 Å². The smallest absolute Gasteiger partial charge is 0.318 e. The second kappa shape index (κ2) is 6.71. The molecular weight excluding hydrogens is 306 g/mol. The van der Waals surface area contributed by atoms with Gasteiger partial charge in [0.25, 0.3) is 0 Å². The SMILES string of the molecule is COc1ccc(C)cc1N1CCN(C(=O)NC(C)(C)C)C(C)C1=O. The van der Waals surface area contributed by atoms with E-state index in [1.54, 1.807) is 23.8 Å². The normalized spacial score (nSPS) is 18.6. The largest absolute Gasteiger partial charge is 0.495 e. The summed E-state index contributed by atoms with van der Waals surface area (Å²) in [5, 5.41) is 2.92. The Kier molecular flexibility index (Phi) is 5.06. The number of methoxy groups -OCH3 is 1. The molecule has 1 aliphatic rings. The van der Waals surface area contributed by atoms with Gasteiger partial charge in [0.05, 0.1) is 12.8 Å². The number of nitrogens with zero attached hydrogens (tertiary/aromatic N) is 2. The summed E-state index contributed by atoms with van der Waals surface area (Å²) < 4.78 is 5.39. The molecule has 0 saturated carbocycles. The van der Waals surface area contributed by atoms with Crippen LogP contribution in [0.4, 0.5) is 10.5 Å². The Balaban J connectivity index is 2.21. The number of urea groups is 1. The van der Waals surface area contributed by atoms with Crippen molar-refractivity contribution < 1.29 is 14.3 Å². The van der Waals surface area contributed by atoms with E-state index in [-0.39, 0.29) is 17.5 Å². The summed E-state index contributed by atoms with van der Waals surface area (Å²) in [6.07, 6.45) is 0. The first-order valence-corrected chi connectivity index (χ1v) is 8.19. The second-order valence-corrected chi connectivity index (χ2v) is 7.21. The molecule has 0 aliphatic carbocycles. The molecule has 1 N–H and O–H groups in total. The Morgan fingerprint density at radius 3 is 2.54 bits per heavy atom. The number of nitrogens with one attached hydrogen (secondary N) is 1. The van der Waals surface area contributed by atoms with Crippen LogP contribution in [0.1, 0.15) is 33.3 Å². The van der Waals surface area contributed by atoms with Gasteiger partial charge in [-0.15, -0.1) is 0 Å². The zero-order chi connectivity index (χ0) is 18.1. The van der Waals surface area contributed by atoms with E-state index in [4.69, 9.17) is 4.74 Å². The number of carbonyl (C=O) groups excluding carboxylic acids is 2. The van der Waals surface area contributed by atoms with Crippen LogP contribution in [-0.2, 0) is 4.79 Å². The minimum Gasteiger partial charge on any atom is -0.495 e. The van der Waals surface area contributed by atoms with Gasteiger partial charge in [-0.3, -0.25) is 4.79 Å². The Morgan fingerprint density at radius 1 is 1.29 bits per heavy atom. The number of rotatable bonds is 2. The van der Waals surface area contributed by atoms with E-state index in [0.29, 0.717) is 18.8 Å². The fourth-order valence-corrected chi connectivity index (χ4v) is 2.79. The zero-order valence-electron chi connectivity index (χ0n) is 15.3. The number of hydrogen-bond donors (Lipinski definition) is 1. The highest BCUT2D eigenvalue weighted by atomic mass is 16.5. The van der Waals surface area contributed by atoms with Crippen molar-refractivity contribution in [3.63, 3.8) is 0 Å². The molecular formula is C18H27N3O3. The molecule has 0 spiro atoms. The van der Waals surface area contributed by atoms with Crippen LogP contribution in [-0.4, -0.2) is 48.6 Å². The predicted octanol–water partition coefficient (Wildman–Crippen LogP) is 2.55. The molecule has 0 bridgehead atoms. The molecule has 1 aromatic carbocycles. The molecule has 1 heterocycles. The van der Waals surface area contributed by atoms with E-state index in [1.807, 2.05) is 45.9 Å². The van der Waals surface area contributed by atoms with Crippen LogP contribution in [0.15, 0.2) is 18.2 Å². The third-order valence-electron chi connectivity index (χ3n) is 4.02. The fraction of sp³-hybridized carbons (Fsp3) is 0.556. The molecule has 1 fully saturated rings. The Bertz CT molecular complexity index is 637. The standard InChI is InChI=1S/C18H27N3O3/c1-12-7-8-15(24-6)14(11-12)21-10-9-20(13(2)16(21)22)17(23)19-18(3,4)5/h7-8,11,13H,9-10H2,1-6H3,(H,19,23). The first kappa shape index (κ1) is 18.1. The van der Waals surface area contributed by atoms with Gasteiger partial charge in [0.1, 0.15) is 11.8 Å². The summed E-state index contributed by atoms with van der Waals surface area (Å²) >= 11 is 0. The van der Waals surface area contributed by atoms with Crippen LogP contribution < -0.4 is 15.0 Å². The fourth-order valence-electron chi connectivity index (χ4n) is 2.79. The van der Waals surface area contributed by atoms with E-state index in [2.05, 4.69) is 5.32 Å². The molecule has 1 saturated heterocycles. The van der Waals surface area contributed by atoms with Gasteiger partial charge in [-0.1, -0.05) is 6.07 Å². The van der Waals surface area contributed by atoms with Gasteiger partial charge < -0.3 is 19.9 Å². The Morgan fingerprint density at radius 2 is 1.96 bits per heavy atom. The van der Waals surface area contributed by atoms with E-state index in [1.165, 1.54) is 0 Å². The molecule has 0 aromatic heterocycles. The molecule has 24 heavy (non-hydrogen) atoms. The van der Waals surface area contributed by atoms with Gasteiger partial charge in [0.15, 0.2) is 0 Å². The van der Waals surface area contributed by atoms with E-state index >= 15 is 0 Å². The molecule has 132 valence electrons. The molecule has 6 heteroatoms. The van der Waals surface area contributed by atoms with Crippen LogP contribution in [0.25, 0.3) is 0 Å². The first-order valence-electron chi connectivity index (χ1n) is 8.19. The molecule has 3 amide bonds. The maximum atomic E-state index is 12.8. The van der Waals surface area contributed by atoms with E-state index in [9.17, 15) is 9.59 Å². The number of hydrogen-bond acceptors (Lipinski definition) is 3. The van der Waals surface area contributed by atoms with E-state index < -0.39 is 6.04 Å². The molecule has 6 nitrogen and oxygen atoms in total. The number of carbonyl (C=O) groups is 2.